The number of nitrogens with one attached hydrogen (secondary N) is 1. The molecule has 6 rings (SSSR count). The fourth-order valence-electron chi connectivity index (χ4n) is 5.19. The highest BCUT2D eigenvalue weighted by Crippen LogP contribution is 2.44. The lowest BCUT2D eigenvalue weighted by Gasteiger charge is -2.50. The van der Waals surface area contributed by atoms with Crippen LogP contribution in [0.3, 0.4) is 0 Å². The monoisotopic (exact) mass is 626 g/mol. The summed E-state index contributed by atoms with van der Waals surface area (Å²) in [5.74, 6) is -1.31. The standard InChI is InChI=1S/C31H26N6O5S2/c38-23(16-19-10-4-1-5-11-19)32-25-29(41)37-26(22(18-44-30(25)37)28-33-34-35-36(28)17-24(39)40)31(43)42-27(20-12-6-2-7-13-20)21-14-8-3-9-15-21/h1-15,25,27,30H,16-18H2,(H,32,38)(H,39,40)/t25-,30-/m1/s1. The number of fused-ring (bicyclic) bond motifs is 1. The minimum atomic E-state index is -1.13. The first-order valence-electron chi connectivity index (χ1n) is 13.7. The molecule has 0 saturated carbocycles. The Morgan fingerprint density at radius 3 is 2.23 bits per heavy atom. The summed E-state index contributed by atoms with van der Waals surface area (Å²) in [6.45, 7) is -0.483. The third-order valence-corrected chi connectivity index (χ3v) is 8.77. The van der Waals surface area contributed by atoms with Gasteiger partial charge in [0.15, 0.2) is 5.82 Å². The molecule has 1 saturated heterocycles. The van der Waals surface area contributed by atoms with E-state index in [2.05, 4.69) is 20.8 Å². The number of nitrogens with zero attached hydrogens (tertiary/aromatic N) is 5. The summed E-state index contributed by atoms with van der Waals surface area (Å²) in [4.78, 5) is 39.6. The van der Waals surface area contributed by atoms with Crippen molar-refractivity contribution in [2.24, 2.45) is 0 Å². The number of thiocarbonyl (C=S) groups is 1. The van der Waals surface area contributed by atoms with Crippen LogP contribution < -0.4 is 5.32 Å². The number of rotatable bonds is 10. The van der Waals surface area contributed by atoms with Crippen LogP contribution >= 0.6 is 24.0 Å². The fraction of sp³-hybridized carbons (Fsp3) is 0.194. The van der Waals surface area contributed by atoms with E-state index in [-0.39, 0.29) is 34.8 Å². The van der Waals surface area contributed by atoms with Crippen LogP contribution in [0.5, 0.6) is 0 Å². The van der Waals surface area contributed by atoms with Gasteiger partial charge in [0.1, 0.15) is 29.8 Å². The maximum atomic E-state index is 13.7. The van der Waals surface area contributed by atoms with Gasteiger partial charge in [0.2, 0.25) is 11.0 Å². The number of hydrogen-bond donors (Lipinski definition) is 2. The number of benzene rings is 3. The van der Waals surface area contributed by atoms with Gasteiger partial charge < -0.3 is 15.2 Å². The Hall–Kier alpha value is -4.88. The zero-order valence-corrected chi connectivity index (χ0v) is 24.8. The van der Waals surface area contributed by atoms with Crippen molar-refractivity contribution in [3.05, 3.63) is 119 Å². The topological polar surface area (TPSA) is 140 Å². The second kappa shape index (κ2) is 12.8. The van der Waals surface area contributed by atoms with Gasteiger partial charge in [0.25, 0.3) is 5.91 Å². The number of carboxylic acid groups (broad SMARTS) is 1. The molecule has 3 aromatic carbocycles. The quantitative estimate of drug-likeness (QED) is 0.199. The van der Waals surface area contributed by atoms with E-state index in [9.17, 15) is 19.5 Å². The van der Waals surface area contributed by atoms with Crippen molar-refractivity contribution in [1.29, 1.82) is 0 Å². The maximum absolute atomic E-state index is 13.7. The molecule has 2 aliphatic rings. The normalized spacial score (nSPS) is 17.6. The molecule has 1 fully saturated rings. The van der Waals surface area contributed by atoms with Crippen LogP contribution in [0.25, 0.3) is 5.57 Å². The van der Waals surface area contributed by atoms with E-state index in [0.717, 1.165) is 21.4 Å². The zero-order chi connectivity index (χ0) is 30.6. The molecule has 44 heavy (non-hydrogen) atoms. The summed E-state index contributed by atoms with van der Waals surface area (Å²) in [7, 11) is 0. The highest BCUT2D eigenvalue weighted by molar-refractivity contribution is 8.00. The average Bonchev–Trinajstić information content (AvgIpc) is 3.50. The van der Waals surface area contributed by atoms with Gasteiger partial charge in [-0.1, -0.05) is 91.0 Å². The van der Waals surface area contributed by atoms with Crippen molar-refractivity contribution >= 4 is 52.4 Å². The predicted molar refractivity (Wildman–Crippen MR) is 166 cm³/mol. The minimum absolute atomic E-state index is 0.0234. The van der Waals surface area contributed by atoms with Crippen LogP contribution in [0, 0.1) is 0 Å². The molecule has 222 valence electrons. The molecule has 0 bridgehead atoms. The van der Waals surface area contributed by atoms with E-state index < -0.39 is 30.0 Å². The first kappa shape index (κ1) is 29.2. The zero-order valence-electron chi connectivity index (χ0n) is 23.1. The molecule has 13 heteroatoms. The number of ether oxygens (including phenoxy) is 1. The molecule has 2 amide bonds. The fourth-order valence-corrected chi connectivity index (χ4v) is 6.84. The van der Waals surface area contributed by atoms with E-state index in [1.54, 1.807) is 0 Å². The smallest absolute Gasteiger partial charge is 0.325 e. The second-order valence-corrected chi connectivity index (χ2v) is 11.6. The lowest BCUT2D eigenvalue weighted by Crippen LogP contribution is -2.70. The van der Waals surface area contributed by atoms with Gasteiger partial charge >= 0.3 is 5.97 Å². The van der Waals surface area contributed by atoms with Crippen LogP contribution in [0.1, 0.15) is 28.6 Å². The number of aliphatic carboxylic acids is 1. The highest BCUT2D eigenvalue weighted by atomic mass is 32.2. The molecule has 1 aromatic heterocycles. The Kier molecular flexibility index (Phi) is 8.48. The third kappa shape index (κ3) is 5.96. The van der Waals surface area contributed by atoms with Crippen molar-refractivity contribution in [3.63, 3.8) is 0 Å². The van der Waals surface area contributed by atoms with E-state index in [4.69, 9.17) is 17.0 Å². The Balaban J connectivity index is 1.34. The van der Waals surface area contributed by atoms with Gasteiger partial charge in [0.05, 0.1) is 6.42 Å². The van der Waals surface area contributed by atoms with Gasteiger partial charge in [-0.15, -0.1) is 16.9 Å². The largest absolute Gasteiger partial charge is 0.480 e. The number of hydrogen-bond acceptors (Lipinski definition) is 9. The third-order valence-electron chi connectivity index (χ3n) is 7.20. The SMILES string of the molecule is O=C(O)Cn1nnnc1C1=C(C(=S)OC(c2ccccc2)c2ccccc2)N2C(=O)[C@@H](NC(=O)Cc3ccccc3)[C@H]2SC1. The van der Waals surface area contributed by atoms with Gasteiger partial charge in [-0.05, 0) is 39.3 Å². The van der Waals surface area contributed by atoms with E-state index >= 15 is 0 Å². The maximum Gasteiger partial charge on any atom is 0.325 e. The highest BCUT2D eigenvalue weighted by Gasteiger charge is 2.54. The molecule has 0 spiro atoms. The summed E-state index contributed by atoms with van der Waals surface area (Å²) in [6.07, 6.45) is -0.462. The summed E-state index contributed by atoms with van der Waals surface area (Å²) in [5, 5.41) is 23.5. The van der Waals surface area contributed by atoms with E-state index in [1.165, 1.54) is 16.7 Å². The summed E-state index contributed by atoms with van der Waals surface area (Å²) >= 11 is 7.30. The van der Waals surface area contributed by atoms with Crippen LogP contribution in [-0.4, -0.2) is 70.2 Å². The number of β-lactam (4-membered cyclic amide) rings is 1. The Labute approximate surface area is 261 Å². The van der Waals surface area contributed by atoms with Crippen LogP contribution in [0.4, 0.5) is 0 Å². The molecule has 0 unspecified atom stereocenters. The van der Waals surface area contributed by atoms with E-state index in [0.29, 0.717) is 11.3 Å². The van der Waals surface area contributed by atoms with Gasteiger partial charge in [-0.3, -0.25) is 19.3 Å². The molecule has 2 N–H and O–H groups in total. The molecule has 3 heterocycles. The summed E-state index contributed by atoms with van der Waals surface area (Å²) in [6, 6.07) is 27.6. The molecule has 2 atom stereocenters. The van der Waals surface area contributed by atoms with Crippen LogP contribution in [-0.2, 0) is 32.1 Å². The van der Waals surface area contributed by atoms with Crippen molar-refractivity contribution in [2.75, 3.05) is 5.75 Å². The molecule has 0 radical (unpaired) electrons. The first-order chi connectivity index (χ1) is 21.4. The Morgan fingerprint density at radius 1 is 1.00 bits per heavy atom. The van der Waals surface area contributed by atoms with Crippen LogP contribution in [0.15, 0.2) is 96.7 Å². The van der Waals surface area contributed by atoms with Crippen molar-refractivity contribution in [1.82, 2.24) is 30.4 Å². The molecular formula is C31H26N6O5S2. The van der Waals surface area contributed by atoms with Gasteiger partial charge in [0, 0.05) is 11.3 Å². The van der Waals surface area contributed by atoms with Crippen molar-refractivity contribution in [2.45, 2.75) is 30.5 Å². The predicted octanol–water partition coefficient (Wildman–Crippen LogP) is 3.25. The van der Waals surface area contributed by atoms with Crippen LogP contribution in [0.2, 0.25) is 0 Å². The number of amides is 2. The van der Waals surface area contributed by atoms with Gasteiger partial charge in [-0.25, -0.2) is 4.68 Å². The number of carbonyl (C=O) groups is 3. The number of thioether (sulfide) groups is 1. The molecule has 2 aliphatic heterocycles. The Bertz CT molecular complexity index is 1690. The number of carboxylic acids is 1. The lowest BCUT2D eigenvalue weighted by molar-refractivity contribution is -0.145. The summed E-state index contributed by atoms with van der Waals surface area (Å²) in [5.41, 5.74) is 3.27. The number of aromatic nitrogens is 4. The Morgan fingerprint density at radius 2 is 1.61 bits per heavy atom. The lowest BCUT2D eigenvalue weighted by atomic mass is 10.0. The number of tetrazole rings is 1. The number of carbonyl (C=O) groups excluding carboxylic acids is 2. The molecule has 4 aromatic rings. The van der Waals surface area contributed by atoms with Crippen molar-refractivity contribution in [3.8, 4) is 0 Å². The molecular weight excluding hydrogens is 601 g/mol. The minimum Gasteiger partial charge on any atom is -0.480 e. The first-order valence-corrected chi connectivity index (χ1v) is 15.2. The van der Waals surface area contributed by atoms with Crippen molar-refractivity contribution < 1.29 is 24.2 Å². The second-order valence-electron chi connectivity index (χ2n) is 10.1. The summed E-state index contributed by atoms with van der Waals surface area (Å²) < 4.78 is 7.65. The van der Waals surface area contributed by atoms with E-state index in [1.807, 2.05) is 91.0 Å². The average molecular weight is 627 g/mol. The molecule has 11 nitrogen and oxygen atoms in total. The molecule has 0 aliphatic carbocycles. The van der Waals surface area contributed by atoms with Gasteiger partial charge in [-0.2, -0.15) is 0 Å².